The Balaban J connectivity index is 2.68. The summed E-state index contributed by atoms with van der Waals surface area (Å²) in [5.41, 5.74) is 0.0210. The average molecular weight is 282 g/mol. The van der Waals surface area contributed by atoms with E-state index >= 15 is 0 Å². The van der Waals surface area contributed by atoms with E-state index in [4.69, 9.17) is 16.7 Å². The van der Waals surface area contributed by atoms with Crippen LogP contribution in [0.2, 0.25) is 5.02 Å². The number of hydrogen-bond acceptors (Lipinski definition) is 4. The molecular formula is C11H8ClN3O4. The van der Waals surface area contributed by atoms with Gasteiger partial charge in [0, 0.05) is 17.8 Å². The molecule has 0 aliphatic heterocycles. The number of aromatic carboxylic acids is 1. The monoisotopic (exact) mass is 281 g/mol. The van der Waals surface area contributed by atoms with Gasteiger partial charge in [0.05, 0.1) is 9.95 Å². The SMILES string of the molecule is Cc1cn(-c2c(Cl)cccc2[N+](=O)[O-])nc1C(=O)O. The Morgan fingerprint density at radius 1 is 1.53 bits per heavy atom. The number of nitro groups is 1. The quantitative estimate of drug-likeness (QED) is 0.688. The standard InChI is InChI=1S/C11H8ClN3O4/c1-6-5-14(13-9(6)11(16)17)10-7(12)3-2-4-8(10)15(18)19/h2-5H,1H3,(H,16,17). The molecule has 0 fully saturated rings. The maximum Gasteiger partial charge on any atom is 0.356 e. The summed E-state index contributed by atoms with van der Waals surface area (Å²) < 4.78 is 1.11. The van der Waals surface area contributed by atoms with Crippen molar-refractivity contribution in [1.29, 1.82) is 0 Å². The van der Waals surface area contributed by atoms with Crippen LogP contribution in [0.4, 0.5) is 5.69 Å². The van der Waals surface area contributed by atoms with Gasteiger partial charge in [0.25, 0.3) is 5.69 Å². The third-order valence-electron chi connectivity index (χ3n) is 2.49. The number of aryl methyl sites for hydroxylation is 1. The van der Waals surface area contributed by atoms with Crippen molar-refractivity contribution in [2.75, 3.05) is 0 Å². The number of aromatic nitrogens is 2. The molecule has 0 spiro atoms. The molecule has 0 aliphatic carbocycles. The normalized spacial score (nSPS) is 10.4. The molecule has 2 aromatic rings. The molecule has 1 aromatic heterocycles. The molecule has 0 amide bonds. The largest absolute Gasteiger partial charge is 0.476 e. The topological polar surface area (TPSA) is 98.3 Å². The molecular weight excluding hydrogens is 274 g/mol. The van der Waals surface area contributed by atoms with Gasteiger partial charge < -0.3 is 5.11 Å². The molecule has 0 bridgehead atoms. The van der Waals surface area contributed by atoms with Crippen LogP contribution in [0, 0.1) is 17.0 Å². The van der Waals surface area contributed by atoms with E-state index in [0.717, 1.165) is 4.68 Å². The maximum absolute atomic E-state index is 11.0. The Bertz CT molecular complexity index is 681. The van der Waals surface area contributed by atoms with Crippen molar-refractivity contribution in [3.63, 3.8) is 0 Å². The van der Waals surface area contributed by atoms with Gasteiger partial charge in [-0.2, -0.15) is 5.10 Å². The number of nitro benzene ring substituents is 1. The maximum atomic E-state index is 11.0. The smallest absolute Gasteiger partial charge is 0.356 e. The van der Waals surface area contributed by atoms with E-state index in [9.17, 15) is 14.9 Å². The minimum absolute atomic E-state index is 0.0461. The van der Waals surface area contributed by atoms with Gasteiger partial charge in [-0.3, -0.25) is 10.1 Å². The minimum atomic E-state index is -1.20. The summed E-state index contributed by atoms with van der Waals surface area (Å²) in [6.45, 7) is 1.55. The first-order valence-corrected chi connectivity index (χ1v) is 5.52. The van der Waals surface area contributed by atoms with Crippen LogP contribution in [0.1, 0.15) is 16.1 Å². The molecule has 7 nitrogen and oxygen atoms in total. The number of carbonyl (C=O) groups is 1. The lowest BCUT2D eigenvalue weighted by atomic mass is 10.2. The predicted octanol–water partition coefficient (Wildman–Crippen LogP) is 2.44. The fourth-order valence-electron chi connectivity index (χ4n) is 1.66. The molecule has 0 aliphatic rings. The minimum Gasteiger partial charge on any atom is -0.476 e. The molecule has 2 rings (SSSR count). The van der Waals surface area contributed by atoms with Crippen LogP contribution in [0.25, 0.3) is 5.69 Å². The summed E-state index contributed by atoms with van der Waals surface area (Å²) in [5.74, 6) is -1.20. The number of nitrogens with zero attached hydrogens (tertiary/aromatic N) is 3. The molecule has 0 atom stereocenters. The molecule has 0 saturated heterocycles. The van der Waals surface area contributed by atoms with E-state index < -0.39 is 10.9 Å². The molecule has 98 valence electrons. The molecule has 0 unspecified atom stereocenters. The predicted molar refractivity (Wildman–Crippen MR) is 66.9 cm³/mol. The molecule has 1 N–H and O–H groups in total. The highest BCUT2D eigenvalue weighted by molar-refractivity contribution is 6.32. The lowest BCUT2D eigenvalue weighted by Crippen LogP contribution is -2.04. The first kappa shape index (κ1) is 13.0. The Morgan fingerprint density at radius 2 is 2.21 bits per heavy atom. The summed E-state index contributed by atoms with van der Waals surface area (Å²) in [5, 5.41) is 23.8. The van der Waals surface area contributed by atoms with Gasteiger partial charge in [-0.1, -0.05) is 17.7 Å². The molecule has 1 aromatic carbocycles. The highest BCUT2D eigenvalue weighted by atomic mass is 35.5. The summed E-state index contributed by atoms with van der Waals surface area (Å²) in [4.78, 5) is 21.3. The molecule has 0 saturated carbocycles. The summed E-state index contributed by atoms with van der Waals surface area (Å²) in [7, 11) is 0. The van der Waals surface area contributed by atoms with Gasteiger partial charge in [0.1, 0.15) is 0 Å². The van der Waals surface area contributed by atoms with Crippen molar-refractivity contribution in [1.82, 2.24) is 9.78 Å². The first-order valence-electron chi connectivity index (χ1n) is 5.14. The molecule has 0 radical (unpaired) electrons. The van der Waals surface area contributed by atoms with Crippen molar-refractivity contribution in [3.05, 3.63) is 50.8 Å². The second kappa shape index (κ2) is 4.69. The number of rotatable bonds is 3. The Morgan fingerprint density at radius 3 is 2.74 bits per heavy atom. The zero-order valence-electron chi connectivity index (χ0n) is 9.70. The number of carboxylic acid groups (broad SMARTS) is 1. The van der Waals surface area contributed by atoms with E-state index in [1.807, 2.05) is 0 Å². The summed E-state index contributed by atoms with van der Waals surface area (Å²) >= 11 is 5.94. The number of halogens is 1. The van der Waals surface area contributed by atoms with Crippen LogP contribution in [-0.4, -0.2) is 25.8 Å². The number of para-hydroxylation sites is 1. The number of carboxylic acids is 1. The zero-order valence-corrected chi connectivity index (χ0v) is 10.5. The van der Waals surface area contributed by atoms with Crippen LogP contribution in [-0.2, 0) is 0 Å². The Hall–Kier alpha value is -2.41. The molecule has 1 heterocycles. The Kier molecular flexibility index (Phi) is 3.22. The third-order valence-corrected chi connectivity index (χ3v) is 2.80. The van der Waals surface area contributed by atoms with Crippen LogP contribution in [0.3, 0.4) is 0 Å². The summed E-state index contributed by atoms with van der Waals surface area (Å²) in [6, 6.07) is 4.19. The highest BCUT2D eigenvalue weighted by Gasteiger charge is 2.21. The van der Waals surface area contributed by atoms with Crippen molar-refractivity contribution in [3.8, 4) is 5.69 Å². The van der Waals surface area contributed by atoms with Gasteiger partial charge in [-0.05, 0) is 13.0 Å². The lowest BCUT2D eigenvalue weighted by molar-refractivity contribution is -0.384. The average Bonchev–Trinajstić information content (AvgIpc) is 2.70. The van der Waals surface area contributed by atoms with E-state index in [-0.39, 0.29) is 22.1 Å². The van der Waals surface area contributed by atoms with Gasteiger partial charge in [0.2, 0.25) is 0 Å². The van der Waals surface area contributed by atoms with E-state index in [1.54, 1.807) is 6.92 Å². The van der Waals surface area contributed by atoms with Crippen molar-refractivity contribution in [2.45, 2.75) is 6.92 Å². The molecule has 19 heavy (non-hydrogen) atoms. The fraction of sp³-hybridized carbons (Fsp3) is 0.0909. The van der Waals surface area contributed by atoms with Crippen LogP contribution < -0.4 is 0 Å². The van der Waals surface area contributed by atoms with Crippen LogP contribution >= 0.6 is 11.6 Å². The zero-order chi connectivity index (χ0) is 14.2. The van der Waals surface area contributed by atoms with Gasteiger partial charge in [0.15, 0.2) is 11.4 Å². The Labute approximate surface area is 112 Å². The van der Waals surface area contributed by atoms with Crippen LogP contribution in [0.15, 0.2) is 24.4 Å². The van der Waals surface area contributed by atoms with Gasteiger partial charge >= 0.3 is 5.97 Å². The van der Waals surface area contributed by atoms with Gasteiger partial charge in [-0.25, -0.2) is 9.48 Å². The second-order valence-electron chi connectivity index (χ2n) is 3.78. The highest BCUT2D eigenvalue weighted by Crippen LogP contribution is 2.30. The number of benzene rings is 1. The summed E-state index contributed by atoms with van der Waals surface area (Å²) in [6.07, 6.45) is 1.39. The fourth-order valence-corrected chi connectivity index (χ4v) is 1.92. The van der Waals surface area contributed by atoms with Crippen molar-refractivity contribution in [2.24, 2.45) is 0 Å². The van der Waals surface area contributed by atoms with Crippen LogP contribution in [0.5, 0.6) is 0 Å². The van der Waals surface area contributed by atoms with E-state index in [0.29, 0.717) is 5.56 Å². The second-order valence-corrected chi connectivity index (χ2v) is 4.18. The van der Waals surface area contributed by atoms with E-state index in [1.165, 1.54) is 24.4 Å². The van der Waals surface area contributed by atoms with Gasteiger partial charge in [-0.15, -0.1) is 0 Å². The van der Waals surface area contributed by atoms with E-state index in [2.05, 4.69) is 5.10 Å². The lowest BCUT2D eigenvalue weighted by Gasteiger charge is -2.04. The third kappa shape index (κ3) is 2.27. The molecule has 8 heteroatoms. The number of hydrogen-bond donors (Lipinski definition) is 1. The first-order chi connectivity index (χ1) is 8.91. The van der Waals surface area contributed by atoms with Crippen molar-refractivity contribution >= 4 is 23.3 Å². The van der Waals surface area contributed by atoms with Crippen molar-refractivity contribution < 1.29 is 14.8 Å².